The predicted molar refractivity (Wildman–Crippen MR) is 82.1 cm³/mol. The highest BCUT2D eigenvalue weighted by Crippen LogP contribution is 2.29. The van der Waals surface area contributed by atoms with Gasteiger partial charge in [-0.15, -0.1) is 0 Å². The van der Waals surface area contributed by atoms with Gasteiger partial charge < -0.3 is 10.1 Å². The van der Waals surface area contributed by atoms with Gasteiger partial charge in [0, 0.05) is 18.3 Å². The summed E-state index contributed by atoms with van der Waals surface area (Å²) in [6.07, 6.45) is 1.78. The quantitative estimate of drug-likeness (QED) is 0.880. The number of halogens is 1. The fraction of sp³-hybridized carbons (Fsp3) is 0.312. The van der Waals surface area contributed by atoms with Crippen molar-refractivity contribution in [3.63, 3.8) is 0 Å². The fourth-order valence-corrected chi connectivity index (χ4v) is 2.17. The SMILES string of the molecule is CCNCc1cccc(Cl)c1OCc1ncccc1C. The fourth-order valence-electron chi connectivity index (χ4n) is 1.92. The maximum atomic E-state index is 6.24. The van der Waals surface area contributed by atoms with Crippen LogP contribution in [0.5, 0.6) is 5.75 Å². The average molecular weight is 291 g/mol. The Morgan fingerprint density at radius 1 is 1.25 bits per heavy atom. The summed E-state index contributed by atoms with van der Waals surface area (Å²) < 4.78 is 5.90. The smallest absolute Gasteiger partial charge is 0.142 e. The molecule has 0 atom stereocenters. The molecule has 0 aliphatic rings. The van der Waals surface area contributed by atoms with Crippen LogP contribution in [-0.4, -0.2) is 11.5 Å². The average Bonchev–Trinajstić information content (AvgIpc) is 2.45. The molecule has 0 bridgehead atoms. The molecule has 2 aromatic rings. The van der Waals surface area contributed by atoms with Crippen LogP contribution in [0.1, 0.15) is 23.7 Å². The number of pyridine rings is 1. The molecule has 0 radical (unpaired) electrons. The number of rotatable bonds is 6. The van der Waals surface area contributed by atoms with E-state index in [2.05, 4.69) is 17.2 Å². The number of benzene rings is 1. The lowest BCUT2D eigenvalue weighted by molar-refractivity contribution is 0.297. The van der Waals surface area contributed by atoms with Gasteiger partial charge in [0.1, 0.15) is 12.4 Å². The van der Waals surface area contributed by atoms with E-state index < -0.39 is 0 Å². The number of aromatic nitrogens is 1. The van der Waals surface area contributed by atoms with Crippen LogP contribution in [0, 0.1) is 6.92 Å². The molecule has 106 valence electrons. The summed E-state index contributed by atoms with van der Waals surface area (Å²) in [6, 6.07) is 9.75. The van der Waals surface area contributed by atoms with Crippen LogP contribution in [-0.2, 0) is 13.2 Å². The number of nitrogens with zero attached hydrogens (tertiary/aromatic N) is 1. The molecule has 0 amide bonds. The Morgan fingerprint density at radius 2 is 2.10 bits per heavy atom. The second-order valence-electron chi connectivity index (χ2n) is 4.56. The monoisotopic (exact) mass is 290 g/mol. The molecule has 20 heavy (non-hydrogen) atoms. The van der Waals surface area contributed by atoms with Gasteiger partial charge in [-0.25, -0.2) is 0 Å². The molecule has 3 nitrogen and oxygen atoms in total. The topological polar surface area (TPSA) is 34.1 Å². The number of nitrogens with one attached hydrogen (secondary N) is 1. The molecule has 0 aliphatic heterocycles. The summed E-state index contributed by atoms with van der Waals surface area (Å²) >= 11 is 6.24. The highest BCUT2D eigenvalue weighted by atomic mass is 35.5. The van der Waals surface area contributed by atoms with Crippen molar-refractivity contribution in [1.29, 1.82) is 0 Å². The van der Waals surface area contributed by atoms with Crippen LogP contribution < -0.4 is 10.1 Å². The number of ether oxygens (including phenoxy) is 1. The Kier molecular flexibility index (Phi) is 5.39. The second-order valence-corrected chi connectivity index (χ2v) is 4.97. The van der Waals surface area contributed by atoms with Gasteiger partial charge in [-0.3, -0.25) is 4.98 Å². The zero-order chi connectivity index (χ0) is 14.4. The largest absolute Gasteiger partial charge is 0.485 e. The van der Waals surface area contributed by atoms with E-state index in [-0.39, 0.29) is 0 Å². The van der Waals surface area contributed by atoms with Gasteiger partial charge >= 0.3 is 0 Å². The van der Waals surface area contributed by atoms with E-state index in [4.69, 9.17) is 16.3 Å². The Hall–Kier alpha value is -1.58. The molecule has 1 heterocycles. The summed E-state index contributed by atoms with van der Waals surface area (Å²) in [7, 11) is 0. The van der Waals surface area contributed by atoms with Crippen molar-refractivity contribution < 1.29 is 4.74 Å². The van der Waals surface area contributed by atoms with E-state index in [1.807, 2.05) is 37.3 Å². The number of hydrogen-bond donors (Lipinski definition) is 1. The van der Waals surface area contributed by atoms with Crippen molar-refractivity contribution in [1.82, 2.24) is 10.3 Å². The molecule has 0 spiro atoms. The summed E-state index contributed by atoms with van der Waals surface area (Å²) in [5, 5.41) is 3.92. The third kappa shape index (κ3) is 3.71. The minimum absolute atomic E-state index is 0.426. The molecule has 0 fully saturated rings. The van der Waals surface area contributed by atoms with Crippen molar-refractivity contribution in [2.24, 2.45) is 0 Å². The van der Waals surface area contributed by atoms with Crippen LogP contribution in [0.25, 0.3) is 0 Å². The highest BCUT2D eigenvalue weighted by Gasteiger charge is 2.09. The highest BCUT2D eigenvalue weighted by molar-refractivity contribution is 6.32. The zero-order valence-electron chi connectivity index (χ0n) is 11.8. The molecule has 0 aliphatic carbocycles. The molecule has 1 N–H and O–H groups in total. The maximum absolute atomic E-state index is 6.24. The molecule has 0 saturated heterocycles. The van der Waals surface area contributed by atoms with Crippen LogP contribution in [0.3, 0.4) is 0 Å². The molecule has 0 saturated carbocycles. The third-order valence-corrected chi connectivity index (χ3v) is 3.38. The Labute approximate surface area is 124 Å². The minimum Gasteiger partial charge on any atom is -0.485 e. The molecule has 0 unspecified atom stereocenters. The van der Waals surface area contributed by atoms with E-state index in [0.29, 0.717) is 11.6 Å². The van der Waals surface area contributed by atoms with Crippen LogP contribution >= 0.6 is 11.6 Å². The molecular weight excluding hydrogens is 272 g/mol. The molecular formula is C16H19ClN2O. The number of aryl methyl sites for hydroxylation is 1. The normalized spacial score (nSPS) is 10.6. The lowest BCUT2D eigenvalue weighted by Crippen LogP contribution is -2.13. The van der Waals surface area contributed by atoms with Crippen LogP contribution in [0.15, 0.2) is 36.5 Å². The minimum atomic E-state index is 0.426. The Balaban J connectivity index is 2.14. The van der Waals surface area contributed by atoms with Gasteiger partial charge in [0.15, 0.2) is 0 Å². The van der Waals surface area contributed by atoms with Gasteiger partial charge in [0.25, 0.3) is 0 Å². The summed E-state index contributed by atoms with van der Waals surface area (Å²) in [6.45, 7) is 6.18. The summed E-state index contributed by atoms with van der Waals surface area (Å²) in [4.78, 5) is 4.33. The Bertz CT molecular complexity index is 572. The van der Waals surface area contributed by atoms with Gasteiger partial charge in [0.05, 0.1) is 10.7 Å². The first-order valence-electron chi connectivity index (χ1n) is 6.73. The van der Waals surface area contributed by atoms with E-state index in [0.717, 1.165) is 35.7 Å². The van der Waals surface area contributed by atoms with E-state index in [1.165, 1.54) is 0 Å². The van der Waals surface area contributed by atoms with E-state index in [9.17, 15) is 0 Å². The molecule has 1 aromatic carbocycles. The van der Waals surface area contributed by atoms with Gasteiger partial charge in [-0.2, -0.15) is 0 Å². The van der Waals surface area contributed by atoms with Crippen molar-refractivity contribution >= 4 is 11.6 Å². The number of para-hydroxylation sites is 1. The van der Waals surface area contributed by atoms with Gasteiger partial charge in [0.2, 0.25) is 0 Å². The first kappa shape index (κ1) is 14.8. The Morgan fingerprint density at radius 3 is 2.85 bits per heavy atom. The van der Waals surface area contributed by atoms with Crippen LogP contribution in [0.2, 0.25) is 5.02 Å². The van der Waals surface area contributed by atoms with Gasteiger partial charge in [-0.05, 0) is 31.2 Å². The first-order valence-corrected chi connectivity index (χ1v) is 7.11. The second kappa shape index (κ2) is 7.27. The van der Waals surface area contributed by atoms with E-state index >= 15 is 0 Å². The zero-order valence-corrected chi connectivity index (χ0v) is 12.6. The predicted octanol–water partition coefficient (Wildman–Crippen LogP) is 3.73. The lowest BCUT2D eigenvalue weighted by atomic mass is 10.2. The lowest BCUT2D eigenvalue weighted by Gasteiger charge is -2.14. The molecule has 4 heteroatoms. The third-order valence-electron chi connectivity index (χ3n) is 3.09. The van der Waals surface area contributed by atoms with E-state index in [1.54, 1.807) is 6.20 Å². The van der Waals surface area contributed by atoms with Crippen LogP contribution in [0.4, 0.5) is 0 Å². The first-order chi connectivity index (χ1) is 9.72. The van der Waals surface area contributed by atoms with Gasteiger partial charge in [-0.1, -0.05) is 36.7 Å². The summed E-state index contributed by atoms with van der Waals surface area (Å²) in [5.74, 6) is 0.736. The standard InChI is InChI=1S/C16H19ClN2O/c1-3-18-10-13-7-4-8-14(17)16(13)20-11-15-12(2)6-5-9-19-15/h4-9,18H,3,10-11H2,1-2H3. The maximum Gasteiger partial charge on any atom is 0.142 e. The van der Waals surface area contributed by atoms with Crippen molar-refractivity contribution in [2.75, 3.05) is 6.54 Å². The van der Waals surface area contributed by atoms with Crippen molar-refractivity contribution in [3.05, 3.63) is 58.4 Å². The number of hydrogen-bond acceptors (Lipinski definition) is 3. The summed E-state index contributed by atoms with van der Waals surface area (Å²) in [5.41, 5.74) is 3.11. The molecule has 2 rings (SSSR count). The van der Waals surface area contributed by atoms with Crippen molar-refractivity contribution in [2.45, 2.75) is 27.0 Å². The molecule has 1 aromatic heterocycles. The van der Waals surface area contributed by atoms with Crippen molar-refractivity contribution in [3.8, 4) is 5.75 Å².